The predicted molar refractivity (Wildman–Crippen MR) is 63.0 cm³/mol. The number of methoxy groups -OCH3 is 1. The zero-order chi connectivity index (χ0) is 11.8. The molecule has 0 aliphatic carbocycles. The van der Waals surface area contributed by atoms with Crippen molar-refractivity contribution in [1.82, 2.24) is 9.97 Å². The van der Waals surface area contributed by atoms with Gasteiger partial charge in [0, 0.05) is 25.4 Å². The molecule has 90 valence electrons. The van der Waals surface area contributed by atoms with Gasteiger partial charge in [0.15, 0.2) is 0 Å². The molecular weight excluding hydrogens is 230 g/mol. The van der Waals surface area contributed by atoms with Crippen LogP contribution in [0.5, 0.6) is 0 Å². The van der Waals surface area contributed by atoms with Gasteiger partial charge in [0.05, 0.1) is 19.8 Å². The molecule has 1 heterocycles. The van der Waals surface area contributed by atoms with E-state index in [0.717, 1.165) is 5.69 Å². The van der Waals surface area contributed by atoms with E-state index in [1.165, 1.54) is 0 Å². The third kappa shape index (κ3) is 5.25. The summed E-state index contributed by atoms with van der Waals surface area (Å²) >= 11 is 5.72. The standard InChI is InChI=1S/C10H16ClN3O2/c1-8-7-9(14-10(11)13-8)12-3-4-16-6-5-15-2/h7H,3-6H2,1-2H3,(H,12,13,14). The number of anilines is 1. The van der Waals surface area contributed by atoms with Gasteiger partial charge in [0.2, 0.25) is 5.28 Å². The van der Waals surface area contributed by atoms with E-state index in [1.807, 2.05) is 13.0 Å². The van der Waals surface area contributed by atoms with Gasteiger partial charge in [-0.25, -0.2) is 9.97 Å². The first-order chi connectivity index (χ1) is 7.72. The van der Waals surface area contributed by atoms with E-state index < -0.39 is 0 Å². The molecule has 0 unspecified atom stereocenters. The maximum atomic E-state index is 5.72. The Labute approximate surface area is 100 Å². The Hall–Kier alpha value is -0.910. The van der Waals surface area contributed by atoms with Crippen molar-refractivity contribution >= 4 is 17.4 Å². The Kier molecular flexibility index (Phi) is 6.07. The molecule has 0 fully saturated rings. The molecule has 0 aromatic carbocycles. The van der Waals surface area contributed by atoms with Crippen LogP contribution in [0.1, 0.15) is 5.69 Å². The number of aromatic nitrogens is 2. The van der Waals surface area contributed by atoms with Gasteiger partial charge >= 0.3 is 0 Å². The molecule has 1 N–H and O–H groups in total. The minimum atomic E-state index is 0.253. The third-order valence-corrected chi connectivity index (χ3v) is 1.98. The molecule has 1 aromatic heterocycles. The van der Waals surface area contributed by atoms with E-state index in [4.69, 9.17) is 21.1 Å². The molecule has 16 heavy (non-hydrogen) atoms. The average Bonchev–Trinajstić information content (AvgIpc) is 2.22. The Morgan fingerprint density at radius 3 is 2.81 bits per heavy atom. The van der Waals surface area contributed by atoms with Crippen LogP contribution in [0.4, 0.5) is 5.82 Å². The van der Waals surface area contributed by atoms with Crippen LogP contribution in [0.2, 0.25) is 5.28 Å². The lowest BCUT2D eigenvalue weighted by atomic mass is 10.4. The maximum Gasteiger partial charge on any atom is 0.224 e. The van der Waals surface area contributed by atoms with Crippen molar-refractivity contribution in [3.05, 3.63) is 17.0 Å². The fourth-order valence-corrected chi connectivity index (χ4v) is 1.34. The monoisotopic (exact) mass is 245 g/mol. The van der Waals surface area contributed by atoms with Crippen molar-refractivity contribution in [1.29, 1.82) is 0 Å². The molecule has 1 rings (SSSR count). The van der Waals surface area contributed by atoms with Crippen molar-refractivity contribution < 1.29 is 9.47 Å². The topological polar surface area (TPSA) is 56.3 Å². The average molecular weight is 246 g/mol. The summed E-state index contributed by atoms with van der Waals surface area (Å²) in [5, 5.41) is 3.35. The SMILES string of the molecule is COCCOCCNc1cc(C)nc(Cl)n1. The van der Waals surface area contributed by atoms with Crippen LogP contribution in [-0.2, 0) is 9.47 Å². The van der Waals surface area contributed by atoms with Crippen molar-refractivity contribution in [2.75, 3.05) is 38.8 Å². The summed E-state index contributed by atoms with van der Waals surface area (Å²) in [6.45, 7) is 4.36. The first kappa shape index (κ1) is 13.2. The summed E-state index contributed by atoms with van der Waals surface area (Å²) in [5.41, 5.74) is 0.836. The number of ether oxygens (including phenoxy) is 2. The van der Waals surface area contributed by atoms with Crippen LogP contribution in [-0.4, -0.2) is 43.4 Å². The van der Waals surface area contributed by atoms with Gasteiger partial charge in [-0.05, 0) is 18.5 Å². The van der Waals surface area contributed by atoms with E-state index in [1.54, 1.807) is 7.11 Å². The van der Waals surface area contributed by atoms with Crippen molar-refractivity contribution in [2.24, 2.45) is 0 Å². The molecule has 0 spiro atoms. The second kappa shape index (κ2) is 7.38. The van der Waals surface area contributed by atoms with Crippen LogP contribution < -0.4 is 5.32 Å². The Balaban J connectivity index is 2.21. The fraction of sp³-hybridized carbons (Fsp3) is 0.600. The molecular formula is C10H16ClN3O2. The summed E-state index contributed by atoms with van der Waals surface area (Å²) in [6, 6.07) is 1.83. The third-order valence-electron chi connectivity index (χ3n) is 1.81. The van der Waals surface area contributed by atoms with E-state index in [-0.39, 0.29) is 5.28 Å². The molecule has 1 aromatic rings. The van der Waals surface area contributed by atoms with Gasteiger partial charge in [-0.1, -0.05) is 0 Å². The molecule has 0 radical (unpaired) electrons. The molecule has 0 bridgehead atoms. The highest BCUT2D eigenvalue weighted by Crippen LogP contribution is 2.08. The highest BCUT2D eigenvalue weighted by molar-refractivity contribution is 6.28. The number of nitrogens with one attached hydrogen (secondary N) is 1. The van der Waals surface area contributed by atoms with Crippen LogP contribution in [0.25, 0.3) is 0 Å². The fourth-order valence-electron chi connectivity index (χ4n) is 1.12. The van der Waals surface area contributed by atoms with Gasteiger partial charge in [-0.3, -0.25) is 0 Å². The molecule has 0 aliphatic rings. The highest BCUT2D eigenvalue weighted by atomic mass is 35.5. The van der Waals surface area contributed by atoms with Crippen LogP contribution in [0.15, 0.2) is 6.07 Å². The Morgan fingerprint density at radius 1 is 1.31 bits per heavy atom. The van der Waals surface area contributed by atoms with Crippen molar-refractivity contribution in [3.8, 4) is 0 Å². The van der Waals surface area contributed by atoms with E-state index >= 15 is 0 Å². The van der Waals surface area contributed by atoms with Crippen LogP contribution in [0, 0.1) is 6.92 Å². The van der Waals surface area contributed by atoms with E-state index in [2.05, 4.69) is 15.3 Å². The number of hydrogen-bond donors (Lipinski definition) is 1. The van der Waals surface area contributed by atoms with Gasteiger partial charge in [-0.2, -0.15) is 0 Å². The molecule has 5 nitrogen and oxygen atoms in total. The zero-order valence-electron chi connectivity index (χ0n) is 9.49. The van der Waals surface area contributed by atoms with Gasteiger partial charge in [-0.15, -0.1) is 0 Å². The number of halogens is 1. The van der Waals surface area contributed by atoms with Gasteiger partial charge in [0.1, 0.15) is 5.82 Å². The quantitative estimate of drug-likeness (QED) is 0.583. The number of nitrogens with zero attached hydrogens (tertiary/aromatic N) is 2. The van der Waals surface area contributed by atoms with Crippen LogP contribution in [0.3, 0.4) is 0 Å². The second-order valence-electron chi connectivity index (χ2n) is 3.20. The molecule has 0 amide bonds. The minimum absolute atomic E-state index is 0.253. The summed E-state index contributed by atoms with van der Waals surface area (Å²) in [7, 11) is 1.65. The number of aryl methyl sites for hydroxylation is 1. The lowest BCUT2D eigenvalue weighted by Gasteiger charge is -2.07. The van der Waals surface area contributed by atoms with Gasteiger partial charge in [0.25, 0.3) is 0 Å². The van der Waals surface area contributed by atoms with E-state index in [0.29, 0.717) is 32.2 Å². The maximum absolute atomic E-state index is 5.72. The normalized spacial score (nSPS) is 10.4. The van der Waals surface area contributed by atoms with Crippen LogP contribution >= 0.6 is 11.6 Å². The Morgan fingerprint density at radius 2 is 2.12 bits per heavy atom. The van der Waals surface area contributed by atoms with Gasteiger partial charge < -0.3 is 14.8 Å². The molecule has 0 saturated heterocycles. The molecule has 6 heteroatoms. The van der Waals surface area contributed by atoms with Crippen molar-refractivity contribution in [2.45, 2.75) is 6.92 Å². The van der Waals surface area contributed by atoms with E-state index in [9.17, 15) is 0 Å². The minimum Gasteiger partial charge on any atom is -0.382 e. The number of rotatable bonds is 7. The molecule has 0 saturated carbocycles. The Bertz CT molecular complexity index is 303. The lowest BCUT2D eigenvalue weighted by Crippen LogP contribution is -2.13. The number of hydrogen-bond acceptors (Lipinski definition) is 5. The first-order valence-electron chi connectivity index (χ1n) is 5.04. The summed E-state index contributed by atoms with van der Waals surface area (Å²) < 4.78 is 10.1. The predicted octanol–water partition coefficient (Wildman–Crippen LogP) is 1.51. The summed E-state index contributed by atoms with van der Waals surface area (Å²) in [6.07, 6.45) is 0. The van der Waals surface area contributed by atoms with Crippen molar-refractivity contribution in [3.63, 3.8) is 0 Å². The lowest BCUT2D eigenvalue weighted by molar-refractivity contribution is 0.0759. The molecule has 0 atom stereocenters. The zero-order valence-corrected chi connectivity index (χ0v) is 10.3. The largest absolute Gasteiger partial charge is 0.382 e. The smallest absolute Gasteiger partial charge is 0.224 e. The first-order valence-corrected chi connectivity index (χ1v) is 5.42. The molecule has 0 aliphatic heterocycles. The summed E-state index contributed by atoms with van der Waals surface area (Å²) in [5.74, 6) is 0.716. The highest BCUT2D eigenvalue weighted by Gasteiger charge is 1.98. The summed E-state index contributed by atoms with van der Waals surface area (Å²) in [4.78, 5) is 8.00. The second-order valence-corrected chi connectivity index (χ2v) is 3.53.